The van der Waals surface area contributed by atoms with E-state index in [-0.39, 0.29) is 0 Å². The van der Waals surface area contributed by atoms with Gasteiger partial charge in [-0.05, 0) is 59.5 Å². The summed E-state index contributed by atoms with van der Waals surface area (Å²) in [6, 6.07) is 0.671. The number of halogens is 1. The number of hydrogen-bond acceptors (Lipinski definition) is 2. The molecule has 0 atom stereocenters. The van der Waals surface area contributed by atoms with Crippen LogP contribution in [0.1, 0.15) is 36.6 Å². The van der Waals surface area contributed by atoms with E-state index in [9.17, 15) is 0 Å². The third-order valence-corrected chi connectivity index (χ3v) is 5.13. The molecular weight excluding hydrogens is 272 g/mol. The van der Waals surface area contributed by atoms with Crippen molar-refractivity contribution in [2.45, 2.75) is 38.1 Å². The summed E-state index contributed by atoms with van der Waals surface area (Å²) in [6.07, 6.45) is 6.36. The summed E-state index contributed by atoms with van der Waals surface area (Å²) in [7, 11) is 0. The van der Waals surface area contributed by atoms with Crippen LogP contribution in [0.5, 0.6) is 0 Å². The summed E-state index contributed by atoms with van der Waals surface area (Å²) in [4.78, 5) is 0. The van der Waals surface area contributed by atoms with Crippen LogP contribution in [0.3, 0.4) is 0 Å². The van der Waals surface area contributed by atoms with Crippen LogP contribution in [0.4, 0.5) is 0 Å². The highest BCUT2D eigenvalue weighted by molar-refractivity contribution is 9.10. The summed E-state index contributed by atoms with van der Waals surface area (Å²) in [5, 5.41) is 4.68. The van der Waals surface area contributed by atoms with E-state index in [1.807, 2.05) is 0 Å². The van der Waals surface area contributed by atoms with Crippen LogP contribution in [-0.4, -0.2) is 21.3 Å². The molecule has 15 heavy (non-hydrogen) atoms. The Morgan fingerprint density at radius 2 is 2.07 bits per heavy atom. The Bertz CT molecular complexity index is 369. The zero-order valence-electron chi connectivity index (χ0n) is 8.71. The van der Waals surface area contributed by atoms with Crippen molar-refractivity contribution in [3.63, 3.8) is 0 Å². The molecule has 1 aromatic heterocycles. The summed E-state index contributed by atoms with van der Waals surface area (Å²) in [5.41, 5.74) is 2.99. The van der Waals surface area contributed by atoms with Crippen LogP contribution in [0.15, 0.2) is 4.60 Å². The van der Waals surface area contributed by atoms with Gasteiger partial charge in [0.15, 0.2) is 0 Å². The predicted molar refractivity (Wildman–Crippen MR) is 67.5 cm³/mol. The summed E-state index contributed by atoms with van der Waals surface area (Å²) < 4.78 is 3.43. The molecule has 1 saturated heterocycles. The molecule has 2 heterocycles. The molecule has 1 fully saturated rings. The zero-order chi connectivity index (χ0) is 10.3. The minimum absolute atomic E-state index is 0.671. The molecule has 0 amide bonds. The molecule has 1 aromatic rings. The molecule has 0 aromatic carbocycles. The van der Waals surface area contributed by atoms with E-state index in [0.717, 1.165) is 4.60 Å². The fourth-order valence-corrected chi connectivity index (χ4v) is 4.33. The first-order valence-corrected chi connectivity index (χ1v) is 7.64. The van der Waals surface area contributed by atoms with Crippen LogP contribution in [0.25, 0.3) is 0 Å². The van der Waals surface area contributed by atoms with Crippen molar-refractivity contribution in [1.29, 1.82) is 0 Å². The van der Waals surface area contributed by atoms with Crippen molar-refractivity contribution in [2.24, 2.45) is 0 Å². The molecule has 1 aliphatic carbocycles. The summed E-state index contributed by atoms with van der Waals surface area (Å²) in [5.74, 6) is 2.60. The van der Waals surface area contributed by atoms with E-state index in [4.69, 9.17) is 0 Å². The Balaban J connectivity index is 1.93. The van der Waals surface area contributed by atoms with Crippen molar-refractivity contribution < 1.29 is 0 Å². The van der Waals surface area contributed by atoms with Gasteiger partial charge in [0.25, 0.3) is 0 Å². The predicted octanol–water partition coefficient (Wildman–Crippen LogP) is 3.20. The molecule has 2 aliphatic rings. The summed E-state index contributed by atoms with van der Waals surface area (Å²) >= 11 is 5.68. The number of rotatable bonds is 1. The van der Waals surface area contributed by atoms with Gasteiger partial charge >= 0.3 is 0 Å². The van der Waals surface area contributed by atoms with E-state index in [2.05, 4.69) is 37.5 Å². The van der Waals surface area contributed by atoms with Crippen LogP contribution >= 0.6 is 27.7 Å². The largest absolute Gasteiger partial charge is 0.265 e. The quantitative estimate of drug-likeness (QED) is 0.789. The van der Waals surface area contributed by atoms with Crippen LogP contribution in [0, 0.1) is 0 Å². The molecule has 3 rings (SSSR count). The molecule has 0 unspecified atom stereocenters. The van der Waals surface area contributed by atoms with Gasteiger partial charge in [0.1, 0.15) is 4.60 Å². The zero-order valence-corrected chi connectivity index (χ0v) is 11.1. The van der Waals surface area contributed by atoms with Gasteiger partial charge < -0.3 is 0 Å². The first kappa shape index (κ1) is 10.2. The average Bonchev–Trinajstić information content (AvgIpc) is 2.84. The van der Waals surface area contributed by atoms with Crippen molar-refractivity contribution in [3.05, 3.63) is 15.9 Å². The molecule has 0 radical (unpaired) electrons. The van der Waals surface area contributed by atoms with Crippen LogP contribution in [-0.2, 0) is 12.8 Å². The van der Waals surface area contributed by atoms with E-state index in [0.29, 0.717) is 6.04 Å². The topological polar surface area (TPSA) is 17.8 Å². The molecule has 0 saturated carbocycles. The maximum absolute atomic E-state index is 4.68. The van der Waals surface area contributed by atoms with Gasteiger partial charge in [0.2, 0.25) is 0 Å². The maximum Gasteiger partial charge on any atom is 0.131 e. The fourth-order valence-electron chi connectivity index (χ4n) is 2.65. The Morgan fingerprint density at radius 1 is 1.27 bits per heavy atom. The van der Waals surface area contributed by atoms with E-state index >= 15 is 0 Å². The Labute approximate surface area is 103 Å². The van der Waals surface area contributed by atoms with E-state index in [1.54, 1.807) is 0 Å². The third-order valence-electron chi connectivity index (χ3n) is 3.45. The second-order valence-electron chi connectivity index (χ2n) is 4.36. The highest BCUT2D eigenvalue weighted by Gasteiger charge is 2.26. The van der Waals surface area contributed by atoms with Crippen molar-refractivity contribution >= 4 is 27.7 Å². The summed E-state index contributed by atoms with van der Waals surface area (Å²) in [6.45, 7) is 0. The van der Waals surface area contributed by atoms with Crippen LogP contribution < -0.4 is 0 Å². The lowest BCUT2D eigenvalue weighted by Crippen LogP contribution is -2.18. The second kappa shape index (κ2) is 4.13. The molecule has 2 nitrogen and oxygen atoms in total. The molecule has 0 spiro atoms. The smallest absolute Gasteiger partial charge is 0.131 e. The minimum Gasteiger partial charge on any atom is -0.265 e. The first-order valence-electron chi connectivity index (χ1n) is 5.70. The number of hydrogen-bond donors (Lipinski definition) is 0. The van der Waals surface area contributed by atoms with Gasteiger partial charge in [-0.2, -0.15) is 16.9 Å². The Morgan fingerprint density at radius 3 is 2.87 bits per heavy atom. The number of aromatic nitrogens is 2. The van der Waals surface area contributed by atoms with Crippen LogP contribution in [0.2, 0.25) is 0 Å². The molecule has 4 heteroatoms. The normalized spacial score (nSPS) is 21.9. The standard InChI is InChI=1S/C11H15BrN2S/c12-11-9-2-1-3-10(9)14(13-11)8-4-6-15-7-5-8/h8H,1-7H2. The molecule has 1 aliphatic heterocycles. The lowest BCUT2D eigenvalue weighted by atomic mass is 10.1. The highest BCUT2D eigenvalue weighted by Crippen LogP contribution is 2.34. The lowest BCUT2D eigenvalue weighted by molar-refractivity contribution is 0.412. The van der Waals surface area contributed by atoms with Gasteiger partial charge in [-0.25, -0.2) is 0 Å². The number of nitrogens with zero attached hydrogens (tertiary/aromatic N) is 2. The SMILES string of the molecule is Brc1nn(C2CCSCC2)c2c1CCC2. The minimum atomic E-state index is 0.671. The highest BCUT2D eigenvalue weighted by atomic mass is 79.9. The van der Waals surface area contributed by atoms with Gasteiger partial charge in [0.05, 0.1) is 6.04 Å². The molecule has 82 valence electrons. The van der Waals surface area contributed by atoms with E-state index in [1.165, 1.54) is 54.9 Å². The third kappa shape index (κ3) is 1.76. The average molecular weight is 287 g/mol. The maximum atomic E-state index is 4.68. The Kier molecular flexibility index (Phi) is 2.81. The van der Waals surface area contributed by atoms with Gasteiger partial charge in [-0.1, -0.05) is 0 Å². The van der Waals surface area contributed by atoms with Gasteiger partial charge in [-0.3, -0.25) is 4.68 Å². The Hall–Kier alpha value is 0.0400. The first-order chi connectivity index (χ1) is 7.36. The lowest BCUT2D eigenvalue weighted by Gasteiger charge is -2.23. The fraction of sp³-hybridized carbons (Fsp3) is 0.727. The van der Waals surface area contributed by atoms with Crippen molar-refractivity contribution in [3.8, 4) is 0 Å². The van der Waals surface area contributed by atoms with Gasteiger partial charge in [0, 0.05) is 11.3 Å². The molecule has 0 bridgehead atoms. The number of fused-ring (bicyclic) bond motifs is 1. The van der Waals surface area contributed by atoms with Gasteiger partial charge in [-0.15, -0.1) is 0 Å². The molecule has 0 N–H and O–H groups in total. The van der Waals surface area contributed by atoms with Crippen molar-refractivity contribution in [2.75, 3.05) is 11.5 Å². The monoisotopic (exact) mass is 286 g/mol. The van der Waals surface area contributed by atoms with E-state index < -0.39 is 0 Å². The number of thioether (sulfide) groups is 1. The molecular formula is C11H15BrN2S. The van der Waals surface area contributed by atoms with Crippen molar-refractivity contribution in [1.82, 2.24) is 9.78 Å². The second-order valence-corrected chi connectivity index (χ2v) is 6.33.